The maximum atomic E-state index is 10.0. The molecule has 2 rings (SSSR count). The predicted molar refractivity (Wildman–Crippen MR) is 79.9 cm³/mol. The first-order chi connectivity index (χ1) is 9.56. The van der Waals surface area contributed by atoms with Gasteiger partial charge >= 0.3 is 0 Å². The van der Waals surface area contributed by atoms with Gasteiger partial charge in [-0.15, -0.1) is 0 Å². The van der Waals surface area contributed by atoms with Gasteiger partial charge in [-0.25, -0.2) is 0 Å². The fraction of sp³-hybridized carbons (Fsp3) is 0.647. The van der Waals surface area contributed by atoms with Crippen LogP contribution in [0.5, 0.6) is 5.75 Å². The highest BCUT2D eigenvalue weighted by Crippen LogP contribution is 2.29. The van der Waals surface area contributed by atoms with Gasteiger partial charge in [0.15, 0.2) is 0 Å². The van der Waals surface area contributed by atoms with E-state index in [0.717, 1.165) is 23.3 Å². The van der Waals surface area contributed by atoms with Gasteiger partial charge in [0.25, 0.3) is 0 Å². The summed E-state index contributed by atoms with van der Waals surface area (Å²) in [6.07, 6.45) is 5.11. The van der Waals surface area contributed by atoms with Crippen molar-refractivity contribution in [3.8, 4) is 5.75 Å². The van der Waals surface area contributed by atoms with Crippen molar-refractivity contribution in [2.75, 3.05) is 6.61 Å². The highest BCUT2D eigenvalue weighted by Gasteiger charge is 2.19. The Morgan fingerprint density at radius 1 is 1.25 bits per heavy atom. The third-order valence-electron chi connectivity index (χ3n) is 4.19. The first kappa shape index (κ1) is 15.3. The highest BCUT2D eigenvalue weighted by molar-refractivity contribution is 5.36. The summed E-state index contributed by atoms with van der Waals surface area (Å²) in [7, 11) is 0. The van der Waals surface area contributed by atoms with Crippen LogP contribution >= 0.6 is 0 Å². The molecule has 0 radical (unpaired) electrons. The summed E-state index contributed by atoms with van der Waals surface area (Å²) >= 11 is 0. The second-order valence-electron chi connectivity index (χ2n) is 6.05. The molecular formula is C17H26O3. The number of aliphatic hydroxyl groups excluding tert-OH is 2. The van der Waals surface area contributed by atoms with E-state index in [0.29, 0.717) is 12.5 Å². The number of aryl methyl sites for hydroxylation is 1. The standard InChI is InChI=1S/C17H26O3/c1-12-9-15(13(2)18)7-8-17(12)20-11-16(19)10-14-5-3-4-6-14/h7-9,13-14,16,18-19H,3-6,10-11H2,1-2H3. The van der Waals surface area contributed by atoms with Crippen LogP contribution in [0, 0.1) is 12.8 Å². The van der Waals surface area contributed by atoms with Gasteiger partial charge in [-0.3, -0.25) is 0 Å². The van der Waals surface area contributed by atoms with E-state index in [4.69, 9.17) is 4.74 Å². The van der Waals surface area contributed by atoms with E-state index in [-0.39, 0.29) is 6.10 Å². The molecule has 3 nitrogen and oxygen atoms in total. The number of ether oxygens (including phenoxy) is 1. The van der Waals surface area contributed by atoms with Crippen molar-refractivity contribution in [2.24, 2.45) is 5.92 Å². The number of hydrogen-bond donors (Lipinski definition) is 2. The molecule has 0 heterocycles. The van der Waals surface area contributed by atoms with E-state index in [2.05, 4.69) is 0 Å². The van der Waals surface area contributed by atoms with Crippen molar-refractivity contribution >= 4 is 0 Å². The molecule has 0 bridgehead atoms. The van der Waals surface area contributed by atoms with Crippen LogP contribution in [0.2, 0.25) is 0 Å². The topological polar surface area (TPSA) is 49.7 Å². The predicted octanol–water partition coefficient (Wildman–Crippen LogP) is 3.37. The molecular weight excluding hydrogens is 252 g/mol. The average molecular weight is 278 g/mol. The van der Waals surface area contributed by atoms with Crippen LogP contribution in [0.4, 0.5) is 0 Å². The summed E-state index contributed by atoms with van der Waals surface area (Å²) in [5, 5.41) is 19.6. The van der Waals surface area contributed by atoms with Crippen molar-refractivity contribution in [1.82, 2.24) is 0 Å². The molecule has 0 amide bonds. The zero-order valence-corrected chi connectivity index (χ0v) is 12.5. The van der Waals surface area contributed by atoms with Crippen molar-refractivity contribution in [2.45, 2.75) is 58.2 Å². The summed E-state index contributed by atoms with van der Waals surface area (Å²) < 4.78 is 5.71. The molecule has 2 atom stereocenters. The summed E-state index contributed by atoms with van der Waals surface area (Å²) in [5.41, 5.74) is 1.89. The SMILES string of the molecule is Cc1cc(C(C)O)ccc1OCC(O)CC1CCCC1. The van der Waals surface area contributed by atoms with Crippen LogP contribution in [-0.2, 0) is 0 Å². The lowest BCUT2D eigenvalue weighted by molar-refractivity contribution is 0.0852. The lowest BCUT2D eigenvalue weighted by Gasteiger charge is -2.17. The molecule has 0 aliphatic heterocycles. The molecule has 0 aromatic heterocycles. The van der Waals surface area contributed by atoms with Gasteiger partial charge in [-0.1, -0.05) is 31.7 Å². The van der Waals surface area contributed by atoms with Crippen LogP contribution in [0.1, 0.15) is 56.3 Å². The van der Waals surface area contributed by atoms with Crippen LogP contribution < -0.4 is 4.74 Å². The first-order valence-electron chi connectivity index (χ1n) is 7.65. The number of benzene rings is 1. The van der Waals surface area contributed by atoms with Gasteiger partial charge in [0.05, 0.1) is 12.2 Å². The quantitative estimate of drug-likeness (QED) is 0.839. The first-order valence-corrected chi connectivity index (χ1v) is 7.65. The minimum atomic E-state index is -0.462. The molecule has 1 fully saturated rings. The zero-order valence-electron chi connectivity index (χ0n) is 12.5. The smallest absolute Gasteiger partial charge is 0.122 e. The molecule has 1 aromatic rings. The minimum absolute atomic E-state index is 0.353. The van der Waals surface area contributed by atoms with Crippen LogP contribution in [-0.4, -0.2) is 22.9 Å². The largest absolute Gasteiger partial charge is 0.491 e. The Kier molecular flexibility index (Phi) is 5.44. The van der Waals surface area contributed by atoms with Crippen LogP contribution in [0.25, 0.3) is 0 Å². The Labute approximate surface area is 121 Å². The second-order valence-corrected chi connectivity index (χ2v) is 6.05. The van der Waals surface area contributed by atoms with Crippen LogP contribution in [0.3, 0.4) is 0 Å². The summed E-state index contributed by atoms with van der Waals surface area (Å²) in [5.74, 6) is 1.46. The molecule has 20 heavy (non-hydrogen) atoms. The molecule has 112 valence electrons. The average Bonchev–Trinajstić information content (AvgIpc) is 2.90. The summed E-state index contributed by atoms with van der Waals surface area (Å²) in [6.45, 7) is 4.07. The Morgan fingerprint density at radius 3 is 2.55 bits per heavy atom. The van der Waals surface area contributed by atoms with Gasteiger partial charge in [0, 0.05) is 0 Å². The molecule has 1 aliphatic rings. The van der Waals surface area contributed by atoms with Gasteiger partial charge < -0.3 is 14.9 Å². The Hall–Kier alpha value is -1.06. The molecule has 2 unspecified atom stereocenters. The lowest BCUT2D eigenvalue weighted by Crippen LogP contribution is -2.20. The zero-order chi connectivity index (χ0) is 14.5. The molecule has 0 spiro atoms. The number of hydrogen-bond acceptors (Lipinski definition) is 3. The van der Waals surface area contributed by atoms with Crippen LogP contribution in [0.15, 0.2) is 18.2 Å². The Bertz CT molecular complexity index is 422. The van der Waals surface area contributed by atoms with E-state index < -0.39 is 6.10 Å². The highest BCUT2D eigenvalue weighted by atomic mass is 16.5. The molecule has 1 aliphatic carbocycles. The van der Waals surface area contributed by atoms with Gasteiger partial charge in [-0.2, -0.15) is 0 Å². The Morgan fingerprint density at radius 2 is 1.95 bits per heavy atom. The fourth-order valence-corrected chi connectivity index (χ4v) is 2.98. The molecule has 3 heteroatoms. The summed E-state index contributed by atoms with van der Waals surface area (Å²) in [6, 6.07) is 5.68. The Balaban J connectivity index is 1.83. The van der Waals surface area contributed by atoms with E-state index in [9.17, 15) is 10.2 Å². The van der Waals surface area contributed by atoms with E-state index in [1.807, 2.05) is 25.1 Å². The van der Waals surface area contributed by atoms with E-state index in [1.54, 1.807) is 6.92 Å². The van der Waals surface area contributed by atoms with Gasteiger partial charge in [-0.05, 0) is 49.4 Å². The molecule has 0 saturated heterocycles. The van der Waals surface area contributed by atoms with Crippen molar-refractivity contribution in [1.29, 1.82) is 0 Å². The third kappa shape index (κ3) is 4.22. The van der Waals surface area contributed by atoms with Crippen molar-refractivity contribution in [3.05, 3.63) is 29.3 Å². The van der Waals surface area contributed by atoms with E-state index >= 15 is 0 Å². The fourth-order valence-electron chi connectivity index (χ4n) is 2.98. The number of aliphatic hydroxyl groups is 2. The second kappa shape index (κ2) is 7.09. The van der Waals surface area contributed by atoms with Crippen molar-refractivity contribution < 1.29 is 14.9 Å². The molecule has 1 aromatic carbocycles. The molecule has 2 N–H and O–H groups in total. The van der Waals surface area contributed by atoms with Gasteiger partial charge in [0.1, 0.15) is 12.4 Å². The minimum Gasteiger partial charge on any atom is -0.491 e. The number of rotatable bonds is 6. The lowest BCUT2D eigenvalue weighted by atomic mass is 10.0. The monoisotopic (exact) mass is 278 g/mol. The van der Waals surface area contributed by atoms with Crippen molar-refractivity contribution in [3.63, 3.8) is 0 Å². The summed E-state index contributed by atoms with van der Waals surface area (Å²) in [4.78, 5) is 0. The van der Waals surface area contributed by atoms with Gasteiger partial charge in [0.2, 0.25) is 0 Å². The maximum Gasteiger partial charge on any atom is 0.122 e. The third-order valence-corrected chi connectivity index (χ3v) is 4.19. The molecule has 1 saturated carbocycles. The normalized spacial score (nSPS) is 19.0. The maximum absolute atomic E-state index is 10.0. The van der Waals surface area contributed by atoms with E-state index in [1.165, 1.54) is 25.7 Å².